The van der Waals surface area contributed by atoms with Gasteiger partial charge in [0.15, 0.2) is 0 Å². The van der Waals surface area contributed by atoms with Crippen LogP contribution in [0.25, 0.3) is 0 Å². The number of hydrogen-bond donors (Lipinski definition) is 1. The van der Waals surface area contributed by atoms with Crippen molar-refractivity contribution < 1.29 is 14.7 Å². The van der Waals surface area contributed by atoms with Gasteiger partial charge in [-0.2, -0.15) is 0 Å². The van der Waals surface area contributed by atoms with Crippen LogP contribution in [-0.2, 0) is 9.59 Å². The number of carbonyl (C=O) groups is 2. The molecule has 0 saturated carbocycles. The maximum Gasteiger partial charge on any atom is 0.226 e. The van der Waals surface area contributed by atoms with Crippen LogP contribution >= 0.6 is 0 Å². The van der Waals surface area contributed by atoms with Gasteiger partial charge in [-0.3, -0.25) is 9.59 Å². The van der Waals surface area contributed by atoms with Gasteiger partial charge in [0.05, 0.1) is 0 Å². The molecule has 0 saturated heterocycles. The second kappa shape index (κ2) is 13.3. The molecule has 118 valence electrons. The molecular formula is C17H32O3. The molecule has 0 heterocycles. The first-order valence-corrected chi connectivity index (χ1v) is 8.38. The lowest BCUT2D eigenvalue weighted by Crippen LogP contribution is -2.27. The monoisotopic (exact) mass is 284 g/mol. The lowest BCUT2D eigenvalue weighted by molar-refractivity contribution is -0.141. The van der Waals surface area contributed by atoms with Crippen LogP contribution in [0, 0.1) is 0 Å². The van der Waals surface area contributed by atoms with Gasteiger partial charge in [-0.25, -0.2) is 0 Å². The van der Waals surface area contributed by atoms with E-state index in [2.05, 4.69) is 6.92 Å². The van der Waals surface area contributed by atoms with Crippen molar-refractivity contribution in [3.63, 3.8) is 0 Å². The molecule has 0 aromatic rings. The Hall–Kier alpha value is -0.700. The van der Waals surface area contributed by atoms with Gasteiger partial charge in [0.25, 0.3) is 0 Å². The lowest BCUT2D eigenvalue weighted by Gasteiger charge is -2.05. The Morgan fingerprint density at radius 3 is 1.70 bits per heavy atom. The van der Waals surface area contributed by atoms with Crippen molar-refractivity contribution in [2.75, 3.05) is 0 Å². The minimum absolute atomic E-state index is 0.298. The summed E-state index contributed by atoms with van der Waals surface area (Å²) in [4.78, 5) is 22.8. The summed E-state index contributed by atoms with van der Waals surface area (Å²) in [6.45, 7) is 3.93. The summed E-state index contributed by atoms with van der Waals surface area (Å²) in [7, 11) is 0. The Labute approximate surface area is 124 Å². The van der Waals surface area contributed by atoms with Crippen LogP contribution in [0.1, 0.15) is 90.9 Å². The van der Waals surface area contributed by atoms with Crippen LogP contribution in [0.15, 0.2) is 0 Å². The molecule has 0 aliphatic rings. The Balaban J connectivity index is 3.35. The highest BCUT2D eigenvalue weighted by atomic mass is 16.3. The average molecular weight is 284 g/mol. The first-order valence-electron chi connectivity index (χ1n) is 8.38. The van der Waals surface area contributed by atoms with E-state index in [0.717, 1.165) is 19.3 Å². The SMILES string of the molecule is CCCCCCCCCCCCC(=O)C(=O)C(O)CC. The van der Waals surface area contributed by atoms with Gasteiger partial charge in [-0.15, -0.1) is 0 Å². The maximum atomic E-state index is 11.5. The number of ketones is 2. The van der Waals surface area contributed by atoms with Crippen LogP contribution in [0.3, 0.4) is 0 Å². The van der Waals surface area contributed by atoms with Crippen molar-refractivity contribution in [3.8, 4) is 0 Å². The summed E-state index contributed by atoms with van der Waals surface area (Å²) < 4.78 is 0. The first kappa shape index (κ1) is 19.3. The molecule has 0 aromatic carbocycles. The summed E-state index contributed by atoms with van der Waals surface area (Å²) in [5.41, 5.74) is 0. The van der Waals surface area contributed by atoms with Crippen molar-refractivity contribution in [2.24, 2.45) is 0 Å². The molecule has 20 heavy (non-hydrogen) atoms. The number of rotatable bonds is 14. The van der Waals surface area contributed by atoms with Crippen LogP contribution in [0.4, 0.5) is 0 Å². The number of carbonyl (C=O) groups excluding carboxylic acids is 2. The zero-order valence-electron chi connectivity index (χ0n) is 13.3. The lowest BCUT2D eigenvalue weighted by atomic mass is 10.0. The molecule has 0 amide bonds. The number of aliphatic hydroxyl groups excluding tert-OH is 1. The molecule has 1 atom stereocenters. The standard InChI is InChI=1S/C17H32O3/c1-3-5-6-7-8-9-10-11-12-13-14-16(19)17(20)15(18)4-2/h15,18H,3-14H2,1-2H3. The minimum Gasteiger partial charge on any atom is -0.385 e. The largest absolute Gasteiger partial charge is 0.385 e. The van der Waals surface area contributed by atoms with Crippen LogP contribution in [0.2, 0.25) is 0 Å². The molecule has 3 heteroatoms. The molecule has 0 radical (unpaired) electrons. The van der Waals surface area contributed by atoms with Crippen molar-refractivity contribution >= 4 is 11.6 Å². The number of Topliss-reactive ketones (excluding diaryl/α,β-unsaturated/α-hetero) is 2. The fourth-order valence-electron chi connectivity index (χ4n) is 2.27. The maximum absolute atomic E-state index is 11.5. The molecular weight excluding hydrogens is 252 g/mol. The van der Waals surface area contributed by atoms with E-state index >= 15 is 0 Å². The number of unbranched alkanes of at least 4 members (excludes halogenated alkanes) is 9. The van der Waals surface area contributed by atoms with E-state index in [1.54, 1.807) is 6.92 Å². The van der Waals surface area contributed by atoms with E-state index < -0.39 is 17.7 Å². The molecule has 0 bridgehead atoms. The number of hydrogen-bond acceptors (Lipinski definition) is 3. The van der Waals surface area contributed by atoms with Gasteiger partial charge in [-0.1, -0.05) is 71.6 Å². The van der Waals surface area contributed by atoms with Gasteiger partial charge < -0.3 is 5.11 Å². The molecule has 0 aliphatic carbocycles. The Morgan fingerprint density at radius 2 is 1.25 bits per heavy atom. The molecule has 1 N–H and O–H groups in total. The van der Waals surface area contributed by atoms with Crippen molar-refractivity contribution in [1.82, 2.24) is 0 Å². The fourth-order valence-corrected chi connectivity index (χ4v) is 2.27. The van der Waals surface area contributed by atoms with Crippen molar-refractivity contribution in [3.05, 3.63) is 0 Å². The van der Waals surface area contributed by atoms with Gasteiger partial charge in [-0.05, 0) is 12.8 Å². The highest BCUT2D eigenvalue weighted by Gasteiger charge is 2.20. The predicted octanol–water partition coefficient (Wildman–Crippen LogP) is 4.21. The van der Waals surface area contributed by atoms with Gasteiger partial charge in [0, 0.05) is 6.42 Å². The van der Waals surface area contributed by atoms with Gasteiger partial charge >= 0.3 is 0 Å². The van der Waals surface area contributed by atoms with Crippen LogP contribution < -0.4 is 0 Å². The predicted molar refractivity (Wildman–Crippen MR) is 82.8 cm³/mol. The third-order valence-corrected chi connectivity index (χ3v) is 3.72. The minimum atomic E-state index is -1.09. The number of aliphatic hydroxyl groups is 1. The third kappa shape index (κ3) is 10.1. The van der Waals surface area contributed by atoms with Crippen molar-refractivity contribution in [1.29, 1.82) is 0 Å². The van der Waals surface area contributed by atoms with E-state index in [4.69, 9.17) is 0 Å². The Kier molecular flexibility index (Phi) is 12.8. The summed E-state index contributed by atoms with van der Waals surface area (Å²) >= 11 is 0. The second-order valence-corrected chi connectivity index (χ2v) is 5.64. The average Bonchev–Trinajstić information content (AvgIpc) is 2.47. The smallest absolute Gasteiger partial charge is 0.226 e. The van der Waals surface area contributed by atoms with E-state index in [0.29, 0.717) is 12.8 Å². The fraction of sp³-hybridized carbons (Fsp3) is 0.882. The molecule has 0 spiro atoms. The van der Waals surface area contributed by atoms with Gasteiger partial charge in [0.2, 0.25) is 11.6 Å². The van der Waals surface area contributed by atoms with E-state index in [-0.39, 0.29) is 0 Å². The Bertz CT molecular complexity index is 261. The summed E-state index contributed by atoms with van der Waals surface area (Å²) in [5.74, 6) is -1.01. The molecule has 1 unspecified atom stereocenters. The van der Waals surface area contributed by atoms with Gasteiger partial charge in [0.1, 0.15) is 6.10 Å². The Morgan fingerprint density at radius 1 is 0.800 bits per heavy atom. The van der Waals surface area contributed by atoms with E-state index in [1.165, 1.54) is 44.9 Å². The zero-order chi connectivity index (χ0) is 15.2. The van der Waals surface area contributed by atoms with E-state index in [9.17, 15) is 14.7 Å². The van der Waals surface area contributed by atoms with Crippen LogP contribution in [-0.4, -0.2) is 22.8 Å². The molecule has 0 fully saturated rings. The summed E-state index contributed by atoms with van der Waals surface area (Å²) in [6, 6.07) is 0. The normalized spacial score (nSPS) is 12.3. The summed E-state index contributed by atoms with van der Waals surface area (Å²) in [5, 5.41) is 9.29. The highest BCUT2D eigenvalue weighted by molar-refractivity contribution is 6.38. The quantitative estimate of drug-likeness (QED) is 0.384. The molecule has 0 rings (SSSR count). The molecule has 3 nitrogen and oxygen atoms in total. The zero-order valence-corrected chi connectivity index (χ0v) is 13.3. The first-order chi connectivity index (χ1) is 9.63. The molecule has 0 aliphatic heterocycles. The summed E-state index contributed by atoms with van der Waals surface area (Å²) in [6.07, 6.45) is 11.6. The molecule has 0 aromatic heterocycles. The highest BCUT2D eigenvalue weighted by Crippen LogP contribution is 2.11. The van der Waals surface area contributed by atoms with Crippen LogP contribution in [0.5, 0.6) is 0 Å². The second-order valence-electron chi connectivity index (χ2n) is 5.64. The topological polar surface area (TPSA) is 54.4 Å². The van der Waals surface area contributed by atoms with E-state index in [1.807, 2.05) is 0 Å². The third-order valence-electron chi connectivity index (χ3n) is 3.72. The van der Waals surface area contributed by atoms with Crippen molar-refractivity contribution in [2.45, 2.75) is 97.0 Å².